The molecule has 0 aliphatic rings. The van der Waals surface area contributed by atoms with Crippen molar-refractivity contribution in [2.24, 2.45) is 5.92 Å². The molecule has 0 aromatic heterocycles. The fourth-order valence-corrected chi connectivity index (χ4v) is 1.06. The van der Waals surface area contributed by atoms with Crippen molar-refractivity contribution in [2.45, 2.75) is 53.6 Å². The van der Waals surface area contributed by atoms with Crippen LogP contribution in [0, 0.1) is 5.92 Å². The van der Waals surface area contributed by atoms with E-state index in [1.54, 1.807) is 0 Å². The highest BCUT2D eigenvalue weighted by atomic mass is 16.5. The van der Waals surface area contributed by atoms with E-state index in [9.17, 15) is 4.79 Å². The Morgan fingerprint density at radius 1 is 1.35 bits per heavy atom. The van der Waals surface area contributed by atoms with Gasteiger partial charge in [0.05, 0.1) is 0 Å². The van der Waals surface area contributed by atoms with Crippen LogP contribution in [0.1, 0.15) is 48.0 Å². The number of carbonyl (C=O) groups is 1. The van der Waals surface area contributed by atoms with Gasteiger partial charge in [-0.05, 0) is 33.6 Å². The first-order valence-corrected chi connectivity index (χ1v) is 6.21. The van der Waals surface area contributed by atoms with Crippen LogP contribution in [0.3, 0.4) is 0 Å². The van der Waals surface area contributed by atoms with Crippen molar-refractivity contribution < 1.29 is 9.45 Å². The molecule has 0 aromatic carbocycles. The van der Waals surface area contributed by atoms with Crippen LogP contribution in [0.15, 0.2) is 23.2 Å². The van der Waals surface area contributed by atoms with E-state index in [0.717, 1.165) is 11.8 Å². The normalized spacial score (nSPS) is 11.9. The minimum Gasteiger partial charge on any atom is -0.429 e. The fraction of sp³-hybridized carbons (Fsp3) is 0.643. The molecule has 0 atom stereocenters. The number of rotatable bonds is 7. The predicted molar refractivity (Wildman–Crippen MR) is 75.3 cm³/mol. The smallest absolute Gasteiger partial charge is 0.309 e. The summed E-state index contributed by atoms with van der Waals surface area (Å²) in [6, 6.07) is 0. The quantitative estimate of drug-likeness (QED) is 0.385. The minimum absolute atomic E-state index is 0.126. The molecule has 0 radical (unpaired) electrons. The highest BCUT2D eigenvalue weighted by molar-refractivity contribution is 6.39. The topological polar surface area (TPSA) is 26.3 Å². The van der Waals surface area contributed by atoms with Crippen molar-refractivity contribution in [3.05, 3.63) is 23.2 Å². The lowest BCUT2D eigenvalue weighted by molar-refractivity contribution is -0.107. The summed E-state index contributed by atoms with van der Waals surface area (Å²) in [7, 11) is 0.600. The van der Waals surface area contributed by atoms with Crippen molar-refractivity contribution in [1.29, 1.82) is 0 Å². The Morgan fingerprint density at radius 2 is 1.94 bits per heavy atom. The molecular weight excluding hydrogens is 211 g/mol. The fourth-order valence-electron chi connectivity index (χ4n) is 1.06. The van der Waals surface area contributed by atoms with E-state index in [2.05, 4.69) is 41.5 Å². The molecule has 0 bridgehead atoms. The van der Waals surface area contributed by atoms with Crippen LogP contribution in [0.4, 0.5) is 0 Å². The summed E-state index contributed by atoms with van der Waals surface area (Å²) >= 11 is 0. The van der Waals surface area contributed by atoms with E-state index < -0.39 is 0 Å². The summed E-state index contributed by atoms with van der Waals surface area (Å²) in [5.74, 6) is 0.472. The maximum absolute atomic E-state index is 10.3. The molecule has 0 rings (SSSR count). The van der Waals surface area contributed by atoms with Crippen molar-refractivity contribution in [1.82, 2.24) is 0 Å². The Balaban J connectivity index is 4.50. The number of allylic oxidation sites excluding steroid dienone is 4. The average molecular weight is 236 g/mol. The average Bonchev–Trinajstić information content (AvgIpc) is 2.22. The number of aldehydes is 1. The van der Waals surface area contributed by atoms with Gasteiger partial charge < -0.3 is 9.45 Å². The Bertz CT molecular complexity index is 297. The highest BCUT2D eigenvalue weighted by Crippen LogP contribution is 2.21. The second-order valence-electron chi connectivity index (χ2n) is 5.38. The molecular formula is C14H25BO2. The SMILES string of the molecule is CC(C)=C(BOC(C)(C)C(C)C)/C=C\CC=O. The van der Waals surface area contributed by atoms with E-state index in [0.29, 0.717) is 19.8 Å². The van der Waals surface area contributed by atoms with Crippen molar-refractivity contribution in [3.8, 4) is 0 Å². The zero-order valence-corrected chi connectivity index (χ0v) is 12.0. The Morgan fingerprint density at radius 3 is 2.35 bits per heavy atom. The van der Waals surface area contributed by atoms with Crippen molar-refractivity contribution in [2.75, 3.05) is 0 Å². The van der Waals surface area contributed by atoms with Crippen LogP contribution < -0.4 is 0 Å². The maximum atomic E-state index is 10.3. The lowest BCUT2D eigenvalue weighted by atomic mass is 9.81. The van der Waals surface area contributed by atoms with E-state index in [4.69, 9.17) is 4.65 Å². The summed E-state index contributed by atoms with van der Waals surface area (Å²) < 4.78 is 5.95. The third-order valence-electron chi connectivity index (χ3n) is 3.18. The number of hydrogen-bond acceptors (Lipinski definition) is 2. The molecule has 0 heterocycles. The molecule has 96 valence electrons. The van der Waals surface area contributed by atoms with Gasteiger partial charge in [-0.2, -0.15) is 0 Å². The standard InChI is InChI=1S/C14H25BO2/c1-11(2)13(9-7-8-10-16)15-17-14(5,6)12(3)4/h7,9-10,12,15H,8H2,1-6H3/b9-7-. The van der Waals surface area contributed by atoms with Gasteiger partial charge in [0.1, 0.15) is 6.29 Å². The molecule has 0 saturated heterocycles. The molecule has 0 saturated carbocycles. The molecule has 0 fully saturated rings. The van der Waals surface area contributed by atoms with Crippen LogP contribution in [0.5, 0.6) is 0 Å². The van der Waals surface area contributed by atoms with Gasteiger partial charge in [0.25, 0.3) is 0 Å². The molecule has 3 heteroatoms. The number of carbonyl (C=O) groups excluding carboxylic acids is 1. The molecule has 0 spiro atoms. The van der Waals surface area contributed by atoms with Crippen LogP contribution >= 0.6 is 0 Å². The van der Waals surface area contributed by atoms with Gasteiger partial charge in [0, 0.05) is 12.0 Å². The van der Waals surface area contributed by atoms with Gasteiger partial charge in [-0.15, -0.1) is 0 Å². The van der Waals surface area contributed by atoms with E-state index >= 15 is 0 Å². The third-order valence-corrected chi connectivity index (χ3v) is 3.18. The first-order chi connectivity index (χ1) is 7.81. The summed E-state index contributed by atoms with van der Waals surface area (Å²) in [5.41, 5.74) is 2.26. The van der Waals surface area contributed by atoms with Gasteiger partial charge in [-0.3, -0.25) is 0 Å². The van der Waals surface area contributed by atoms with Crippen LogP contribution in [-0.2, 0) is 9.45 Å². The lowest BCUT2D eigenvalue weighted by Crippen LogP contribution is -2.33. The Hall–Kier alpha value is -0.825. The molecule has 0 aliphatic heterocycles. The van der Waals surface area contributed by atoms with Gasteiger partial charge in [-0.1, -0.05) is 37.0 Å². The van der Waals surface area contributed by atoms with Crippen LogP contribution in [-0.4, -0.2) is 19.4 Å². The molecule has 2 nitrogen and oxygen atoms in total. The van der Waals surface area contributed by atoms with E-state index in [1.807, 2.05) is 12.2 Å². The molecule has 0 amide bonds. The number of hydrogen-bond donors (Lipinski definition) is 0. The monoisotopic (exact) mass is 236 g/mol. The largest absolute Gasteiger partial charge is 0.429 e. The van der Waals surface area contributed by atoms with E-state index in [1.165, 1.54) is 5.57 Å². The highest BCUT2D eigenvalue weighted by Gasteiger charge is 2.23. The van der Waals surface area contributed by atoms with Crippen LogP contribution in [0.2, 0.25) is 0 Å². The molecule has 0 N–H and O–H groups in total. The van der Waals surface area contributed by atoms with Gasteiger partial charge in [0.15, 0.2) is 0 Å². The maximum Gasteiger partial charge on any atom is 0.309 e. The summed E-state index contributed by atoms with van der Waals surface area (Å²) in [6.45, 7) is 12.7. The molecule has 0 aromatic rings. The van der Waals surface area contributed by atoms with Gasteiger partial charge in [-0.25, -0.2) is 0 Å². The molecule has 0 unspecified atom stereocenters. The molecule has 0 aliphatic carbocycles. The minimum atomic E-state index is -0.126. The van der Waals surface area contributed by atoms with Crippen molar-refractivity contribution >= 4 is 13.8 Å². The Labute approximate surface area is 106 Å². The third kappa shape index (κ3) is 6.47. The second-order valence-corrected chi connectivity index (χ2v) is 5.38. The summed E-state index contributed by atoms with van der Waals surface area (Å²) in [5, 5.41) is 0. The van der Waals surface area contributed by atoms with Crippen LogP contribution in [0.25, 0.3) is 0 Å². The van der Waals surface area contributed by atoms with Gasteiger partial charge >= 0.3 is 7.48 Å². The zero-order valence-electron chi connectivity index (χ0n) is 12.0. The van der Waals surface area contributed by atoms with Gasteiger partial charge in [0.2, 0.25) is 0 Å². The second kappa shape index (κ2) is 7.49. The summed E-state index contributed by atoms with van der Waals surface area (Å²) in [6.07, 6.45) is 5.23. The Kier molecular flexibility index (Phi) is 7.13. The molecule has 17 heavy (non-hydrogen) atoms. The summed E-state index contributed by atoms with van der Waals surface area (Å²) in [4.78, 5) is 10.3. The van der Waals surface area contributed by atoms with Crippen molar-refractivity contribution in [3.63, 3.8) is 0 Å². The lowest BCUT2D eigenvalue weighted by Gasteiger charge is -2.30. The zero-order chi connectivity index (χ0) is 13.5. The van der Waals surface area contributed by atoms with E-state index in [-0.39, 0.29) is 5.60 Å². The predicted octanol–water partition coefficient (Wildman–Crippen LogP) is 3.23. The first-order valence-electron chi connectivity index (χ1n) is 6.21. The first kappa shape index (κ1) is 16.2.